The molecule has 0 heterocycles. The summed E-state index contributed by atoms with van der Waals surface area (Å²) in [4.78, 5) is 10.9. The second-order valence-corrected chi connectivity index (χ2v) is 3.33. The van der Waals surface area contributed by atoms with Crippen molar-refractivity contribution < 1.29 is 20.1 Å². The van der Waals surface area contributed by atoms with Crippen LogP contribution in [0.25, 0.3) is 0 Å². The van der Waals surface area contributed by atoms with E-state index < -0.39 is 17.5 Å². The van der Waals surface area contributed by atoms with Crippen LogP contribution < -0.4 is 0 Å². The number of aliphatic hydroxyl groups is 2. The van der Waals surface area contributed by atoms with Gasteiger partial charge in [0.05, 0.1) is 18.1 Å². The molecule has 0 aliphatic carbocycles. The molecule has 0 amide bonds. The van der Waals surface area contributed by atoms with Gasteiger partial charge >= 0.3 is 5.97 Å². The molecule has 3 N–H and O–H groups in total. The monoisotopic (exact) mass is 190 g/mol. The molecular formula is C9H18O4. The first-order valence-corrected chi connectivity index (χ1v) is 4.54. The van der Waals surface area contributed by atoms with Gasteiger partial charge in [-0.3, -0.25) is 4.79 Å². The Morgan fingerprint density at radius 2 is 1.85 bits per heavy atom. The van der Waals surface area contributed by atoms with Crippen molar-refractivity contribution in [3.8, 4) is 0 Å². The number of hydrogen-bond acceptors (Lipinski definition) is 3. The molecule has 78 valence electrons. The van der Waals surface area contributed by atoms with Gasteiger partial charge < -0.3 is 15.3 Å². The summed E-state index contributed by atoms with van der Waals surface area (Å²) in [6.07, 6.45) is 0.119. The first kappa shape index (κ1) is 12.4. The number of carboxylic acid groups (broad SMARTS) is 1. The van der Waals surface area contributed by atoms with E-state index in [4.69, 9.17) is 10.2 Å². The van der Waals surface area contributed by atoms with Crippen LogP contribution in [0.2, 0.25) is 0 Å². The van der Waals surface area contributed by atoms with Crippen molar-refractivity contribution in [1.29, 1.82) is 0 Å². The summed E-state index contributed by atoms with van der Waals surface area (Å²) in [7, 11) is 0. The summed E-state index contributed by atoms with van der Waals surface area (Å²) in [5.74, 6) is -0.898. The van der Waals surface area contributed by atoms with E-state index in [1.165, 1.54) is 0 Å². The molecule has 0 bridgehead atoms. The van der Waals surface area contributed by atoms with E-state index in [0.717, 1.165) is 0 Å². The highest BCUT2D eigenvalue weighted by Gasteiger charge is 2.36. The molecule has 0 fully saturated rings. The van der Waals surface area contributed by atoms with E-state index in [1.807, 2.05) is 0 Å². The van der Waals surface area contributed by atoms with Crippen LogP contribution in [0.3, 0.4) is 0 Å². The van der Waals surface area contributed by atoms with Gasteiger partial charge in [-0.05, 0) is 19.3 Å². The Morgan fingerprint density at radius 1 is 1.38 bits per heavy atom. The third-order valence-corrected chi connectivity index (χ3v) is 2.64. The Morgan fingerprint density at radius 3 is 2.08 bits per heavy atom. The zero-order valence-electron chi connectivity index (χ0n) is 8.16. The van der Waals surface area contributed by atoms with Crippen molar-refractivity contribution in [3.05, 3.63) is 0 Å². The van der Waals surface area contributed by atoms with Gasteiger partial charge in [0, 0.05) is 0 Å². The van der Waals surface area contributed by atoms with Crippen LogP contribution in [-0.2, 0) is 4.79 Å². The smallest absolute Gasteiger partial charge is 0.309 e. The van der Waals surface area contributed by atoms with Gasteiger partial charge in [0.2, 0.25) is 0 Å². The average molecular weight is 190 g/mol. The first-order valence-electron chi connectivity index (χ1n) is 4.54. The maximum Gasteiger partial charge on any atom is 0.309 e. The van der Waals surface area contributed by atoms with E-state index >= 15 is 0 Å². The van der Waals surface area contributed by atoms with Gasteiger partial charge in [0.1, 0.15) is 0 Å². The van der Waals surface area contributed by atoms with Crippen molar-refractivity contribution >= 4 is 5.97 Å². The van der Waals surface area contributed by atoms with Crippen LogP contribution in [0.15, 0.2) is 0 Å². The Hall–Kier alpha value is -0.610. The molecule has 0 aromatic carbocycles. The lowest BCUT2D eigenvalue weighted by molar-refractivity contribution is -0.152. The molecule has 0 spiro atoms. The van der Waals surface area contributed by atoms with E-state index in [9.17, 15) is 9.90 Å². The molecule has 1 unspecified atom stereocenters. The molecule has 0 aliphatic heterocycles. The van der Waals surface area contributed by atoms with Crippen molar-refractivity contribution in [1.82, 2.24) is 0 Å². The van der Waals surface area contributed by atoms with Crippen molar-refractivity contribution in [2.75, 3.05) is 6.61 Å². The summed E-state index contributed by atoms with van der Waals surface area (Å²) < 4.78 is 0. The fourth-order valence-electron chi connectivity index (χ4n) is 1.44. The van der Waals surface area contributed by atoms with Gasteiger partial charge in [-0.25, -0.2) is 0 Å². The second-order valence-electron chi connectivity index (χ2n) is 3.33. The quantitative estimate of drug-likeness (QED) is 0.573. The molecule has 0 aromatic rings. The van der Waals surface area contributed by atoms with Gasteiger partial charge in [0.25, 0.3) is 0 Å². The predicted molar refractivity (Wildman–Crippen MR) is 48.4 cm³/mol. The van der Waals surface area contributed by atoms with Crippen LogP contribution in [-0.4, -0.2) is 34.0 Å². The topological polar surface area (TPSA) is 77.8 Å². The maximum absolute atomic E-state index is 10.9. The molecule has 4 heteroatoms. The Labute approximate surface area is 78.2 Å². The van der Waals surface area contributed by atoms with Gasteiger partial charge in [-0.15, -0.1) is 0 Å². The van der Waals surface area contributed by atoms with E-state index in [2.05, 4.69) is 0 Å². The zero-order valence-corrected chi connectivity index (χ0v) is 8.16. The number of carbonyl (C=O) groups is 1. The number of aliphatic carboxylic acids is 1. The van der Waals surface area contributed by atoms with E-state index in [1.54, 1.807) is 13.8 Å². The summed E-state index contributed by atoms with van der Waals surface area (Å²) in [6.45, 7) is 3.18. The lowest BCUT2D eigenvalue weighted by Gasteiger charge is -2.28. The molecule has 0 saturated carbocycles. The highest BCUT2D eigenvalue weighted by atomic mass is 16.4. The summed E-state index contributed by atoms with van der Waals surface area (Å²) in [6, 6.07) is 0. The molecular weight excluding hydrogens is 172 g/mol. The minimum absolute atomic E-state index is 0.117. The van der Waals surface area contributed by atoms with Crippen LogP contribution in [0.5, 0.6) is 0 Å². The molecule has 13 heavy (non-hydrogen) atoms. The molecule has 0 saturated heterocycles. The van der Waals surface area contributed by atoms with Crippen LogP contribution >= 0.6 is 0 Å². The average Bonchev–Trinajstić information content (AvgIpc) is 2.13. The van der Waals surface area contributed by atoms with Crippen LogP contribution in [0.4, 0.5) is 0 Å². The third-order valence-electron chi connectivity index (χ3n) is 2.64. The highest BCUT2D eigenvalue weighted by Crippen LogP contribution is 2.32. The lowest BCUT2D eigenvalue weighted by Crippen LogP contribution is -2.34. The van der Waals surface area contributed by atoms with E-state index in [-0.39, 0.29) is 13.0 Å². The first-order chi connectivity index (χ1) is 6.02. The van der Waals surface area contributed by atoms with Gasteiger partial charge in [-0.1, -0.05) is 13.8 Å². The lowest BCUT2D eigenvalue weighted by atomic mass is 9.77. The molecule has 4 nitrogen and oxygen atoms in total. The highest BCUT2D eigenvalue weighted by molar-refractivity contribution is 5.74. The maximum atomic E-state index is 10.9. The van der Waals surface area contributed by atoms with Crippen molar-refractivity contribution in [3.63, 3.8) is 0 Å². The predicted octanol–water partition coefficient (Wildman–Crippen LogP) is 0.621. The molecule has 0 aliphatic rings. The standard InChI is InChI=1S/C9H18O4/c1-3-9(4-2,8(12)13)5-7(11)6-10/h7,10-11H,3-6H2,1-2H3,(H,12,13). The van der Waals surface area contributed by atoms with Gasteiger partial charge in [0.15, 0.2) is 0 Å². The third kappa shape index (κ3) is 2.97. The fraction of sp³-hybridized carbons (Fsp3) is 0.889. The number of hydrogen-bond donors (Lipinski definition) is 3. The van der Waals surface area contributed by atoms with E-state index in [0.29, 0.717) is 12.8 Å². The summed E-state index contributed by atoms with van der Waals surface area (Å²) in [5, 5.41) is 26.8. The Bertz CT molecular complexity index is 163. The summed E-state index contributed by atoms with van der Waals surface area (Å²) in [5.41, 5.74) is -0.887. The number of carboxylic acids is 1. The molecule has 0 rings (SSSR count). The van der Waals surface area contributed by atoms with Crippen LogP contribution in [0, 0.1) is 5.41 Å². The molecule has 0 aromatic heterocycles. The minimum atomic E-state index is -0.934. The Kier molecular flexibility index (Phi) is 4.95. The van der Waals surface area contributed by atoms with Gasteiger partial charge in [-0.2, -0.15) is 0 Å². The fourth-order valence-corrected chi connectivity index (χ4v) is 1.44. The Balaban J connectivity index is 4.48. The normalized spacial score (nSPS) is 14.2. The summed E-state index contributed by atoms with van der Waals surface area (Å²) >= 11 is 0. The van der Waals surface area contributed by atoms with Crippen LogP contribution in [0.1, 0.15) is 33.1 Å². The largest absolute Gasteiger partial charge is 0.481 e. The number of rotatable bonds is 6. The van der Waals surface area contributed by atoms with Crippen molar-refractivity contribution in [2.24, 2.45) is 5.41 Å². The second kappa shape index (κ2) is 5.19. The number of aliphatic hydroxyl groups excluding tert-OH is 2. The zero-order chi connectivity index (χ0) is 10.5. The molecule has 1 atom stereocenters. The van der Waals surface area contributed by atoms with Crippen molar-refractivity contribution in [2.45, 2.75) is 39.2 Å². The minimum Gasteiger partial charge on any atom is -0.481 e. The SMILES string of the molecule is CCC(CC)(CC(O)CO)C(=O)O. The molecule has 0 radical (unpaired) electrons.